The van der Waals surface area contributed by atoms with Gasteiger partial charge in [0.1, 0.15) is 17.6 Å². The lowest BCUT2D eigenvalue weighted by Crippen LogP contribution is -2.37. The second-order valence-corrected chi connectivity index (χ2v) is 4.66. The number of anilines is 1. The standard InChI is InChI=1S/C12H15N3O5/c1-7-9(3-4-20-7)14(2)11-5-8(12(16)17)10(6-13-11)15(18)19/h5-7,9H,3-4H2,1-2H3,(H,16,17). The summed E-state index contributed by atoms with van der Waals surface area (Å²) < 4.78 is 5.45. The maximum atomic E-state index is 11.1. The Balaban J connectivity index is 2.35. The highest BCUT2D eigenvalue weighted by atomic mass is 16.6. The van der Waals surface area contributed by atoms with E-state index in [1.54, 1.807) is 11.9 Å². The number of rotatable bonds is 4. The van der Waals surface area contributed by atoms with E-state index in [1.165, 1.54) is 6.07 Å². The van der Waals surface area contributed by atoms with Gasteiger partial charge in [0.2, 0.25) is 0 Å². The van der Waals surface area contributed by atoms with E-state index in [0.29, 0.717) is 12.4 Å². The molecule has 0 aromatic carbocycles. The molecule has 1 fully saturated rings. The van der Waals surface area contributed by atoms with Gasteiger partial charge in [-0.25, -0.2) is 9.78 Å². The van der Waals surface area contributed by atoms with Crippen molar-refractivity contribution in [3.8, 4) is 0 Å². The number of aromatic carboxylic acids is 1. The van der Waals surface area contributed by atoms with Gasteiger partial charge in [0.05, 0.1) is 17.1 Å². The maximum absolute atomic E-state index is 11.1. The molecular formula is C12H15N3O5. The summed E-state index contributed by atoms with van der Waals surface area (Å²) in [5.74, 6) is -0.958. The summed E-state index contributed by atoms with van der Waals surface area (Å²) in [6, 6.07) is 1.30. The summed E-state index contributed by atoms with van der Waals surface area (Å²) in [6.45, 7) is 2.56. The third kappa shape index (κ3) is 2.55. The third-order valence-electron chi connectivity index (χ3n) is 3.49. The van der Waals surface area contributed by atoms with Crippen LogP contribution in [0.25, 0.3) is 0 Å². The van der Waals surface area contributed by atoms with E-state index >= 15 is 0 Å². The molecule has 1 aromatic rings. The fourth-order valence-electron chi connectivity index (χ4n) is 2.35. The average Bonchev–Trinajstić information content (AvgIpc) is 2.83. The Morgan fingerprint density at radius 1 is 1.65 bits per heavy atom. The van der Waals surface area contributed by atoms with E-state index in [4.69, 9.17) is 9.84 Å². The van der Waals surface area contributed by atoms with Gasteiger partial charge >= 0.3 is 11.7 Å². The molecule has 1 aliphatic heterocycles. The predicted octanol–water partition coefficient (Wildman–Crippen LogP) is 1.30. The number of nitro groups is 1. The molecule has 0 spiro atoms. The van der Waals surface area contributed by atoms with Crippen molar-refractivity contribution in [2.45, 2.75) is 25.5 Å². The molecule has 2 rings (SSSR count). The topological polar surface area (TPSA) is 106 Å². The third-order valence-corrected chi connectivity index (χ3v) is 3.49. The van der Waals surface area contributed by atoms with Gasteiger partial charge in [-0.15, -0.1) is 0 Å². The van der Waals surface area contributed by atoms with E-state index < -0.39 is 16.6 Å². The zero-order valence-electron chi connectivity index (χ0n) is 11.1. The van der Waals surface area contributed by atoms with E-state index in [-0.39, 0.29) is 17.7 Å². The van der Waals surface area contributed by atoms with Crippen LogP contribution in [0.15, 0.2) is 12.3 Å². The number of aromatic nitrogens is 1. The van der Waals surface area contributed by atoms with Crippen molar-refractivity contribution in [1.82, 2.24) is 4.98 Å². The van der Waals surface area contributed by atoms with Gasteiger partial charge in [-0.2, -0.15) is 0 Å². The van der Waals surface area contributed by atoms with Gasteiger partial charge in [0.15, 0.2) is 0 Å². The summed E-state index contributed by atoms with van der Waals surface area (Å²) in [5, 5.41) is 19.8. The minimum absolute atomic E-state index is 0.00488. The number of hydrogen-bond acceptors (Lipinski definition) is 6. The molecule has 20 heavy (non-hydrogen) atoms. The molecule has 0 radical (unpaired) electrons. The van der Waals surface area contributed by atoms with Gasteiger partial charge in [-0.1, -0.05) is 0 Å². The van der Waals surface area contributed by atoms with E-state index in [9.17, 15) is 14.9 Å². The number of ether oxygens (including phenoxy) is 1. The predicted molar refractivity (Wildman–Crippen MR) is 70.1 cm³/mol. The summed E-state index contributed by atoms with van der Waals surface area (Å²) in [5.41, 5.74) is -0.871. The first-order valence-electron chi connectivity index (χ1n) is 6.14. The van der Waals surface area contributed by atoms with Crippen LogP contribution in [0.1, 0.15) is 23.7 Å². The van der Waals surface area contributed by atoms with Crippen LogP contribution >= 0.6 is 0 Å². The van der Waals surface area contributed by atoms with Crippen LogP contribution in [0.4, 0.5) is 11.5 Å². The van der Waals surface area contributed by atoms with Crippen molar-refractivity contribution in [1.29, 1.82) is 0 Å². The maximum Gasteiger partial charge on any atom is 0.342 e. The van der Waals surface area contributed by atoms with Gasteiger partial charge < -0.3 is 14.7 Å². The fourth-order valence-corrected chi connectivity index (χ4v) is 2.35. The molecule has 0 bridgehead atoms. The number of carbonyl (C=O) groups is 1. The molecule has 8 heteroatoms. The lowest BCUT2D eigenvalue weighted by atomic mass is 10.1. The van der Waals surface area contributed by atoms with Crippen LogP contribution < -0.4 is 4.90 Å². The Hall–Kier alpha value is -2.22. The van der Waals surface area contributed by atoms with E-state index in [1.807, 2.05) is 6.92 Å². The summed E-state index contributed by atoms with van der Waals surface area (Å²) in [7, 11) is 1.77. The molecule has 0 saturated carbocycles. The average molecular weight is 281 g/mol. The Bertz CT molecular complexity index is 548. The van der Waals surface area contributed by atoms with Crippen LogP contribution in [-0.2, 0) is 4.74 Å². The minimum atomic E-state index is -1.34. The first-order chi connectivity index (χ1) is 9.41. The fraction of sp³-hybridized carbons (Fsp3) is 0.500. The Morgan fingerprint density at radius 2 is 2.35 bits per heavy atom. The van der Waals surface area contributed by atoms with Crippen molar-refractivity contribution in [3.63, 3.8) is 0 Å². The van der Waals surface area contributed by atoms with E-state index in [2.05, 4.69) is 4.98 Å². The van der Waals surface area contributed by atoms with Crippen molar-refractivity contribution < 1.29 is 19.6 Å². The molecule has 2 heterocycles. The number of carboxylic acids is 1. The number of carboxylic acid groups (broad SMARTS) is 1. The van der Waals surface area contributed by atoms with Crippen LogP contribution in [0.5, 0.6) is 0 Å². The zero-order chi connectivity index (χ0) is 14.9. The number of nitrogens with zero attached hydrogens (tertiary/aromatic N) is 3. The van der Waals surface area contributed by atoms with Gasteiger partial charge in [0.25, 0.3) is 0 Å². The summed E-state index contributed by atoms with van der Waals surface area (Å²) >= 11 is 0. The molecule has 1 aliphatic rings. The Labute approximate surface area is 115 Å². The molecular weight excluding hydrogens is 266 g/mol. The van der Waals surface area contributed by atoms with Crippen LogP contribution in [-0.4, -0.2) is 46.8 Å². The minimum Gasteiger partial charge on any atom is -0.477 e. The van der Waals surface area contributed by atoms with Crippen LogP contribution in [0.3, 0.4) is 0 Å². The molecule has 1 N–H and O–H groups in total. The monoisotopic (exact) mass is 281 g/mol. The smallest absolute Gasteiger partial charge is 0.342 e. The molecule has 2 atom stereocenters. The number of hydrogen-bond donors (Lipinski definition) is 1. The zero-order valence-corrected chi connectivity index (χ0v) is 11.1. The van der Waals surface area contributed by atoms with Gasteiger partial charge in [0, 0.05) is 19.7 Å². The Kier molecular flexibility index (Phi) is 3.84. The van der Waals surface area contributed by atoms with Crippen molar-refractivity contribution in [2.75, 3.05) is 18.6 Å². The molecule has 0 aliphatic carbocycles. The first kappa shape index (κ1) is 14.2. The molecule has 8 nitrogen and oxygen atoms in total. The summed E-state index contributed by atoms with van der Waals surface area (Å²) in [6.07, 6.45) is 1.79. The molecule has 1 saturated heterocycles. The largest absolute Gasteiger partial charge is 0.477 e. The first-order valence-corrected chi connectivity index (χ1v) is 6.14. The highest BCUT2D eigenvalue weighted by Gasteiger charge is 2.30. The lowest BCUT2D eigenvalue weighted by Gasteiger charge is -2.27. The van der Waals surface area contributed by atoms with E-state index in [0.717, 1.165) is 12.6 Å². The lowest BCUT2D eigenvalue weighted by molar-refractivity contribution is -0.385. The molecule has 108 valence electrons. The van der Waals surface area contributed by atoms with Crippen molar-refractivity contribution >= 4 is 17.5 Å². The second-order valence-electron chi connectivity index (χ2n) is 4.66. The van der Waals surface area contributed by atoms with Crippen LogP contribution in [0.2, 0.25) is 0 Å². The normalized spacial score (nSPS) is 21.7. The highest BCUT2D eigenvalue weighted by molar-refractivity contribution is 5.93. The molecule has 0 amide bonds. The van der Waals surface area contributed by atoms with Crippen molar-refractivity contribution in [2.24, 2.45) is 0 Å². The SMILES string of the molecule is CC1OCCC1N(C)c1cc(C(=O)O)c([N+](=O)[O-])cn1. The van der Waals surface area contributed by atoms with Gasteiger partial charge in [-0.3, -0.25) is 10.1 Å². The van der Waals surface area contributed by atoms with Crippen molar-refractivity contribution in [3.05, 3.63) is 27.9 Å². The summed E-state index contributed by atoms with van der Waals surface area (Å²) in [4.78, 5) is 26.9. The molecule has 2 unspecified atom stereocenters. The number of pyridine rings is 1. The quantitative estimate of drug-likeness (QED) is 0.654. The van der Waals surface area contributed by atoms with Crippen LogP contribution in [0, 0.1) is 10.1 Å². The second kappa shape index (κ2) is 5.41. The van der Waals surface area contributed by atoms with Gasteiger partial charge in [-0.05, 0) is 13.3 Å². The highest BCUT2D eigenvalue weighted by Crippen LogP contribution is 2.26. The molecule has 1 aromatic heterocycles. The Morgan fingerprint density at radius 3 is 2.85 bits per heavy atom. The number of likely N-dealkylation sites (N-methyl/N-ethyl adjacent to an activating group) is 1.